The van der Waals surface area contributed by atoms with E-state index in [4.69, 9.17) is 5.26 Å². The number of halogens is 1. The van der Waals surface area contributed by atoms with Crippen molar-refractivity contribution in [3.63, 3.8) is 0 Å². The third-order valence-corrected chi connectivity index (χ3v) is 3.52. The molecule has 24 heavy (non-hydrogen) atoms. The summed E-state index contributed by atoms with van der Waals surface area (Å²) in [5, 5.41) is 16.5. The second-order valence-corrected chi connectivity index (χ2v) is 5.26. The molecule has 0 bridgehead atoms. The Balaban J connectivity index is 1.83. The van der Waals surface area contributed by atoms with Crippen molar-refractivity contribution in [2.24, 2.45) is 0 Å². The molecule has 1 N–H and O–H groups in total. The van der Waals surface area contributed by atoms with Crippen molar-refractivity contribution in [2.45, 2.75) is 19.5 Å². The second kappa shape index (κ2) is 7.38. The minimum absolute atomic E-state index is 0.366. The van der Waals surface area contributed by atoms with Gasteiger partial charge in [0, 0.05) is 23.9 Å². The number of anilines is 1. The molecule has 5 nitrogen and oxygen atoms in total. The van der Waals surface area contributed by atoms with Gasteiger partial charge in [-0.15, -0.1) is 0 Å². The minimum atomic E-state index is -0.366. The van der Waals surface area contributed by atoms with Crippen LogP contribution in [0.25, 0.3) is 11.3 Å². The van der Waals surface area contributed by atoms with Crippen LogP contribution in [-0.4, -0.2) is 14.8 Å². The predicted octanol–water partition coefficient (Wildman–Crippen LogP) is 3.61. The van der Waals surface area contributed by atoms with Crippen LogP contribution in [-0.2, 0) is 13.1 Å². The highest BCUT2D eigenvalue weighted by atomic mass is 19.1. The number of nitrogens with one attached hydrogen (secondary N) is 1. The molecule has 0 aliphatic carbocycles. The Kier molecular flexibility index (Phi) is 4.82. The molecule has 0 radical (unpaired) electrons. The zero-order valence-electron chi connectivity index (χ0n) is 13.0. The SMILES string of the molecule is N#CCCn1cc(CNc2ccc(F)cn2)c(-c2ccccc2)n1. The number of hydrogen-bond acceptors (Lipinski definition) is 4. The zero-order valence-corrected chi connectivity index (χ0v) is 13.0. The predicted molar refractivity (Wildman–Crippen MR) is 89.4 cm³/mol. The molecule has 1 aromatic carbocycles. The molecule has 2 aromatic heterocycles. The van der Waals surface area contributed by atoms with Crippen LogP contribution in [0.5, 0.6) is 0 Å². The van der Waals surface area contributed by atoms with Crippen LogP contribution in [0.1, 0.15) is 12.0 Å². The molecule has 0 fully saturated rings. The van der Waals surface area contributed by atoms with Crippen LogP contribution in [0.15, 0.2) is 54.9 Å². The number of aromatic nitrogens is 3. The van der Waals surface area contributed by atoms with Crippen molar-refractivity contribution in [2.75, 3.05) is 5.32 Å². The molecule has 0 unspecified atom stereocenters. The molecule has 3 aromatic rings. The molecular formula is C18H16FN5. The normalized spacial score (nSPS) is 10.3. The summed E-state index contributed by atoms with van der Waals surface area (Å²) < 4.78 is 14.7. The number of pyridine rings is 1. The van der Waals surface area contributed by atoms with E-state index >= 15 is 0 Å². The monoisotopic (exact) mass is 321 g/mol. The maximum atomic E-state index is 12.9. The third-order valence-electron chi connectivity index (χ3n) is 3.52. The van der Waals surface area contributed by atoms with Crippen molar-refractivity contribution in [3.05, 3.63) is 66.2 Å². The lowest BCUT2D eigenvalue weighted by molar-refractivity contribution is 0.621. The number of nitriles is 1. The van der Waals surface area contributed by atoms with E-state index in [1.807, 2.05) is 36.5 Å². The molecule has 0 saturated carbocycles. The van der Waals surface area contributed by atoms with Crippen molar-refractivity contribution in [1.82, 2.24) is 14.8 Å². The molecule has 6 heteroatoms. The van der Waals surface area contributed by atoms with Crippen molar-refractivity contribution < 1.29 is 4.39 Å². The topological polar surface area (TPSA) is 66.5 Å². The first-order chi connectivity index (χ1) is 11.8. The van der Waals surface area contributed by atoms with Gasteiger partial charge >= 0.3 is 0 Å². The van der Waals surface area contributed by atoms with E-state index in [-0.39, 0.29) is 5.82 Å². The van der Waals surface area contributed by atoms with Gasteiger partial charge in [0.1, 0.15) is 11.6 Å². The molecule has 3 rings (SSSR count). The molecular weight excluding hydrogens is 305 g/mol. The fraction of sp³-hybridized carbons (Fsp3) is 0.167. The van der Waals surface area contributed by atoms with E-state index in [0.29, 0.717) is 25.3 Å². The average molecular weight is 321 g/mol. The van der Waals surface area contributed by atoms with Gasteiger partial charge in [0.05, 0.1) is 30.9 Å². The number of rotatable bonds is 6. The molecule has 0 amide bonds. The smallest absolute Gasteiger partial charge is 0.141 e. The van der Waals surface area contributed by atoms with Crippen LogP contribution in [0, 0.1) is 17.1 Å². The molecule has 0 aliphatic rings. The second-order valence-electron chi connectivity index (χ2n) is 5.26. The largest absolute Gasteiger partial charge is 0.366 e. The highest BCUT2D eigenvalue weighted by Gasteiger charge is 2.11. The lowest BCUT2D eigenvalue weighted by Gasteiger charge is -2.05. The highest BCUT2D eigenvalue weighted by Crippen LogP contribution is 2.22. The summed E-state index contributed by atoms with van der Waals surface area (Å²) >= 11 is 0. The quantitative estimate of drug-likeness (QED) is 0.753. The molecule has 0 atom stereocenters. The highest BCUT2D eigenvalue weighted by molar-refractivity contribution is 5.63. The van der Waals surface area contributed by atoms with E-state index in [0.717, 1.165) is 16.8 Å². The fourth-order valence-corrected chi connectivity index (χ4v) is 2.38. The molecule has 0 spiro atoms. The molecule has 0 saturated heterocycles. The number of benzene rings is 1. The lowest BCUT2D eigenvalue weighted by Crippen LogP contribution is -2.01. The van der Waals surface area contributed by atoms with Crippen molar-refractivity contribution in [1.29, 1.82) is 5.26 Å². The first kappa shape index (κ1) is 15.7. The Labute approximate surface area is 139 Å². The van der Waals surface area contributed by atoms with Crippen LogP contribution >= 0.6 is 0 Å². The lowest BCUT2D eigenvalue weighted by atomic mass is 10.1. The number of nitrogens with zero attached hydrogens (tertiary/aromatic N) is 4. The van der Waals surface area contributed by atoms with Gasteiger partial charge < -0.3 is 5.32 Å². The Morgan fingerprint density at radius 3 is 2.71 bits per heavy atom. The maximum absolute atomic E-state index is 12.9. The maximum Gasteiger partial charge on any atom is 0.141 e. The third kappa shape index (κ3) is 3.76. The Morgan fingerprint density at radius 1 is 1.17 bits per heavy atom. The van der Waals surface area contributed by atoms with E-state index in [2.05, 4.69) is 21.5 Å². The van der Waals surface area contributed by atoms with Crippen LogP contribution in [0.3, 0.4) is 0 Å². The summed E-state index contributed by atoms with van der Waals surface area (Å²) in [4.78, 5) is 4.00. The van der Waals surface area contributed by atoms with Gasteiger partial charge in [0.25, 0.3) is 0 Å². The standard InChI is InChI=1S/C18H16FN5/c19-16-7-8-17(22-12-16)21-11-15-13-24(10-4-9-20)23-18(15)14-5-2-1-3-6-14/h1-3,5-8,12-13H,4,10-11H2,(H,21,22). The van der Waals surface area contributed by atoms with Gasteiger partial charge in [-0.05, 0) is 12.1 Å². The summed E-state index contributed by atoms with van der Waals surface area (Å²) in [5.74, 6) is 0.232. The minimum Gasteiger partial charge on any atom is -0.366 e. The summed E-state index contributed by atoms with van der Waals surface area (Å²) in [7, 11) is 0. The molecule has 0 aliphatic heterocycles. The van der Waals surface area contributed by atoms with Crippen molar-refractivity contribution in [3.8, 4) is 17.3 Å². The fourth-order valence-electron chi connectivity index (χ4n) is 2.38. The van der Waals surface area contributed by atoms with Crippen LogP contribution < -0.4 is 5.32 Å². The molecule has 2 heterocycles. The van der Waals surface area contributed by atoms with Crippen molar-refractivity contribution >= 4 is 5.82 Å². The number of aryl methyl sites for hydroxylation is 1. The molecule has 120 valence electrons. The first-order valence-corrected chi connectivity index (χ1v) is 7.60. The zero-order chi connectivity index (χ0) is 16.8. The van der Waals surface area contributed by atoms with Crippen LogP contribution in [0.4, 0.5) is 10.2 Å². The Hall–Kier alpha value is -3.20. The van der Waals surface area contributed by atoms with Gasteiger partial charge in [-0.1, -0.05) is 30.3 Å². The van der Waals surface area contributed by atoms with Gasteiger partial charge in [-0.3, -0.25) is 4.68 Å². The van der Waals surface area contributed by atoms with Crippen LogP contribution in [0.2, 0.25) is 0 Å². The average Bonchev–Trinajstić information content (AvgIpc) is 3.03. The summed E-state index contributed by atoms with van der Waals surface area (Å²) in [6, 6.07) is 15.0. The Morgan fingerprint density at radius 2 is 2.00 bits per heavy atom. The summed E-state index contributed by atoms with van der Waals surface area (Å²) in [5.41, 5.74) is 2.87. The van der Waals surface area contributed by atoms with E-state index in [1.54, 1.807) is 10.7 Å². The van der Waals surface area contributed by atoms with Gasteiger partial charge in [0.2, 0.25) is 0 Å². The first-order valence-electron chi connectivity index (χ1n) is 7.60. The summed E-state index contributed by atoms with van der Waals surface area (Å²) in [6.07, 6.45) is 3.51. The van der Waals surface area contributed by atoms with Gasteiger partial charge in [-0.25, -0.2) is 9.37 Å². The summed E-state index contributed by atoms with van der Waals surface area (Å²) in [6.45, 7) is 1.06. The van der Waals surface area contributed by atoms with E-state index in [9.17, 15) is 4.39 Å². The van der Waals surface area contributed by atoms with E-state index < -0.39 is 0 Å². The Bertz CT molecular complexity index is 834. The van der Waals surface area contributed by atoms with Gasteiger partial charge in [-0.2, -0.15) is 10.4 Å². The number of hydrogen-bond donors (Lipinski definition) is 1. The van der Waals surface area contributed by atoms with Gasteiger partial charge in [0.15, 0.2) is 0 Å². The van der Waals surface area contributed by atoms with E-state index in [1.165, 1.54) is 12.3 Å².